The normalized spacial score (nSPS) is 12.9. The van der Waals surface area contributed by atoms with Gasteiger partial charge >= 0.3 is 5.97 Å². The maximum atomic E-state index is 12.3. The van der Waals surface area contributed by atoms with Crippen molar-refractivity contribution in [2.75, 3.05) is 17.5 Å². The monoisotopic (exact) mass is 446 g/mol. The molecule has 1 aromatic heterocycles. The van der Waals surface area contributed by atoms with Gasteiger partial charge in [-0.3, -0.25) is 14.3 Å². The van der Waals surface area contributed by atoms with E-state index in [4.69, 9.17) is 4.74 Å². The number of sulfonamides is 2. The number of nitrogens with one attached hydrogen (secondary N) is 2. The minimum absolute atomic E-state index is 0.0622. The van der Waals surface area contributed by atoms with Gasteiger partial charge in [-0.2, -0.15) is 4.72 Å². The van der Waals surface area contributed by atoms with Gasteiger partial charge in [0.2, 0.25) is 15.8 Å². The number of ketones is 1. The molecule has 0 bridgehead atoms. The second-order valence-corrected chi connectivity index (χ2v) is 10.4. The molecule has 0 radical (unpaired) electrons. The van der Waals surface area contributed by atoms with E-state index in [1.165, 1.54) is 37.3 Å². The Labute approximate surface area is 166 Å². The maximum Gasteiger partial charge on any atom is 0.321 e. The van der Waals surface area contributed by atoms with E-state index < -0.39 is 44.4 Å². The number of benzene rings is 1. The molecule has 0 aliphatic carbocycles. The van der Waals surface area contributed by atoms with E-state index in [0.29, 0.717) is 0 Å². The lowest BCUT2D eigenvalue weighted by molar-refractivity contribution is -0.144. The van der Waals surface area contributed by atoms with Crippen molar-refractivity contribution in [2.24, 2.45) is 0 Å². The van der Waals surface area contributed by atoms with Crippen LogP contribution in [-0.4, -0.2) is 47.5 Å². The van der Waals surface area contributed by atoms with Gasteiger partial charge in [0.05, 0.1) is 6.26 Å². The Balaban J connectivity index is 1.92. The first-order valence-corrected chi connectivity index (χ1v) is 12.1. The Bertz CT molecular complexity index is 1040. The van der Waals surface area contributed by atoms with Crippen LogP contribution in [0.25, 0.3) is 0 Å². The predicted molar refractivity (Wildman–Crippen MR) is 104 cm³/mol. The smallest absolute Gasteiger partial charge is 0.321 e. The summed E-state index contributed by atoms with van der Waals surface area (Å²) in [5.41, 5.74) is 0.491. The molecule has 0 aliphatic heterocycles. The van der Waals surface area contributed by atoms with Crippen molar-refractivity contribution in [1.29, 1.82) is 0 Å². The largest absolute Gasteiger partial charge is 0.453 e. The van der Waals surface area contributed by atoms with Gasteiger partial charge in [-0.15, -0.1) is 11.3 Å². The Morgan fingerprint density at radius 3 is 2.29 bits per heavy atom. The fourth-order valence-electron chi connectivity index (χ4n) is 2.09. The lowest BCUT2D eigenvalue weighted by atomic mass is 10.1. The Hall–Kier alpha value is -2.28. The van der Waals surface area contributed by atoms with Gasteiger partial charge < -0.3 is 4.74 Å². The second kappa shape index (κ2) is 8.82. The average molecular weight is 447 g/mol. The summed E-state index contributed by atoms with van der Waals surface area (Å²) < 4.78 is 55.6. The summed E-state index contributed by atoms with van der Waals surface area (Å²) in [7, 11) is -7.25. The van der Waals surface area contributed by atoms with Crippen LogP contribution < -0.4 is 9.44 Å². The van der Waals surface area contributed by atoms with Gasteiger partial charge in [-0.25, -0.2) is 16.8 Å². The molecule has 0 saturated heterocycles. The molecule has 152 valence electrons. The molecule has 1 heterocycles. The number of hydrogen-bond acceptors (Lipinski definition) is 8. The molecule has 28 heavy (non-hydrogen) atoms. The molecule has 9 nitrogen and oxygen atoms in total. The van der Waals surface area contributed by atoms with Gasteiger partial charge in [0.25, 0.3) is 10.0 Å². The zero-order valence-electron chi connectivity index (χ0n) is 14.9. The number of rotatable bonds is 9. The average Bonchev–Trinajstić information content (AvgIpc) is 3.14. The minimum Gasteiger partial charge on any atom is -0.453 e. The first kappa shape index (κ1) is 22.0. The van der Waals surface area contributed by atoms with Crippen molar-refractivity contribution in [1.82, 2.24) is 4.72 Å². The molecule has 0 saturated carbocycles. The minimum atomic E-state index is -3.81. The van der Waals surface area contributed by atoms with E-state index in [1.54, 1.807) is 11.4 Å². The summed E-state index contributed by atoms with van der Waals surface area (Å²) in [6, 6.07) is 8.54. The molecular formula is C16H18N2O7S3. The van der Waals surface area contributed by atoms with Crippen LogP contribution >= 0.6 is 11.3 Å². The summed E-state index contributed by atoms with van der Waals surface area (Å²) in [5, 5.41) is 1.59. The van der Waals surface area contributed by atoms with Crippen molar-refractivity contribution >= 4 is 48.8 Å². The van der Waals surface area contributed by atoms with Gasteiger partial charge in [-0.1, -0.05) is 6.07 Å². The standard InChI is InChI=1S/C16H18N2O7S3/c1-11(16(20)12-5-7-13(8-6-12)18-27(2,21)22)25-14(19)10-17-28(23,24)15-4-3-9-26-15/h3-9,11,17-18H,10H2,1-2H3. The van der Waals surface area contributed by atoms with Crippen molar-refractivity contribution in [3.63, 3.8) is 0 Å². The van der Waals surface area contributed by atoms with Crippen molar-refractivity contribution in [2.45, 2.75) is 17.2 Å². The fraction of sp³-hybridized carbons (Fsp3) is 0.250. The third-order valence-corrected chi connectivity index (χ3v) is 6.72. The molecule has 2 N–H and O–H groups in total. The summed E-state index contributed by atoms with van der Waals surface area (Å²) in [5.74, 6) is -1.42. The lowest BCUT2D eigenvalue weighted by Gasteiger charge is -2.13. The highest BCUT2D eigenvalue weighted by atomic mass is 32.2. The molecule has 0 fully saturated rings. The first-order valence-electron chi connectivity index (χ1n) is 7.83. The summed E-state index contributed by atoms with van der Waals surface area (Å²) in [6.45, 7) is 0.742. The molecule has 2 rings (SSSR count). The van der Waals surface area contributed by atoms with E-state index in [0.717, 1.165) is 17.6 Å². The predicted octanol–water partition coefficient (Wildman–Crippen LogP) is 1.21. The van der Waals surface area contributed by atoms with Crippen LogP contribution in [0.15, 0.2) is 46.0 Å². The zero-order valence-corrected chi connectivity index (χ0v) is 17.4. The number of ether oxygens (including phenoxy) is 1. The molecule has 1 atom stereocenters. The Kier molecular flexibility index (Phi) is 6.93. The molecule has 1 unspecified atom stereocenters. The van der Waals surface area contributed by atoms with E-state index in [9.17, 15) is 26.4 Å². The van der Waals surface area contributed by atoms with Crippen LogP contribution in [0.4, 0.5) is 5.69 Å². The van der Waals surface area contributed by atoms with Gasteiger partial charge in [0.15, 0.2) is 6.10 Å². The Morgan fingerprint density at radius 2 is 1.75 bits per heavy atom. The van der Waals surface area contributed by atoms with Crippen LogP contribution in [0.2, 0.25) is 0 Å². The van der Waals surface area contributed by atoms with Crippen LogP contribution in [0.1, 0.15) is 17.3 Å². The van der Waals surface area contributed by atoms with Crippen LogP contribution in [-0.2, 0) is 29.6 Å². The molecule has 0 amide bonds. The van der Waals surface area contributed by atoms with Crippen molar-refractivity contribution in [3.8, 4) is 0 Å². The van der Waals surface area contributed by atoms with Gasteiger partial charge in [-0.05, 0) is 42.6 Å². The number of anilines is 1. The highest BCUT2D eigenvalue weighted by Crippen LogP contribution is 2.15. The number of carbonyl (C=O) groups is 2. The first-order chi connectivity index (χ1) is 13.0. The molecule has 0 aliphatic rings. The van der Waals surface area contributed by atoms with Crippen molar-refractivity contribution in [3.05, 3.63) is 47.3 Å². The molecule has 2 aromatic rings. The fourth-order valence-corrected chi connectivity index (χ4v) is 4.66. The van der Waals surface area contributed by atoms with E-state index in [-0.39, 0.29) is 15.5 Å². The highest BCUT2D eigenvalue weighted by Gasteiger charge is 2.22. The zero-order chi connectivity index (χ0) is 20.9. The van der Waals surface area contributed by atoms with Gasteiger partial charge in [0, 0.05) is 11.3 Å². The molecule has 1 aromatic carbocycles. The number of carbonyl (C=O) groups excluding carboxylic acids is 2. The SMILES string of the molecule is CC(OC(=O)CNS(=O)(=O)c1cccs1)C(=O)c1ccc(NS(C)(=O)=O)cc1. The molecular weight excluding hydrogens is 428 g/mol. The second-order valence-electron chi connectivity index (χ2n) is 5.70. The van der Waals surface area contributed by atoms with Crippen molar-refractivity contribution < 1.29 is 31.2 Å². The number of Topliss-reactive ketones (excluding diaryl/α,β-unsaturated/α-hetero) is 1. The van der Waals surface area contributed by atoms with Crippen LogP contribution in [0.5, 0.6) is 0 Å². The van der Waals surface area contributed by atoms with Gasteiger partial charge in [0.1, 0.15) is 10.8 Å². The number of esters is 1. The molecule has 0 spiro atoms. The third kappa shape index (κ3) is 6.41. The molecule has 12 heteroatoms. The van der Waals surface area contributed by atoms with Crippen LogP contribution in [0.3, 0.4) is 0 Å². The number of hydrogen-bond donors (Lipinski definition) is 2. The summed E-state index contributed by atoms with van der Waals surface area (Å²) in [4.78, 5) is 24.2. The van der Waals surface area contributed by atoms with E-state index in [2.05, 4.69) is 9.44 Å². The third-order valence-electron chi connectivity index (χ3n) is 3.32. The summed E-state index contributed by atoms with van der Waals surface area (Å²) >= 11 is 1.00. The van der Waals surface area contributed by atoms with E-state index >= 15 is 0 Å². The Morgan fingerprint density at radius 1 is 1.11 bits per heavy atom. The topological polar surface area (TPSA) is 136 Å². The lowest BCUT2D eigenvalue weighted by Crippen LogP contribution is -2.33. The van der Waals surface area contributed by atoms with Crippen LogP contribution in [0, 0.1) is 0 Å². The maximum absolute atomic E-state index is 12.3. The van der Waals surface area contributed by atoms with E-state index in [1.807, 2.05) is 0 Å². The highest BCUT2D eigenvalue weighted by molar-refractivity contribution is 7.92. The summed E-state index contributed by atoms with van der Waals surface area (Å²) in [6.07, 6.45) is -0.146. The quantitative estimate of drug-likeness (QED) is 0.436. The number of thiophene rings is 1.